The van der Waals surface area contributed by atoms with E-state index in [0.29, 0.717) is 17.4 Å². The SMILES string of the molecule is NC(=O)c1ccc(CNCC2CCCCS2)c(F)c1. The predicted molar refractivity (Wildman–Crippen MR) is 76.7 cm³/mol. The van der Waals surface area contributed by atoms with Gasteiger partial charge in [0.2, 0.25) is 5.91 Å². The molecular formula is C14H19FN2OS. The lowest BCUT2D eigenvalue weighted by molar-refractivity contribution is 0.1000. The maximum Gasteiger partial charge on any atom is 0.248 e. The van der Waals surface area contributed by atoms with Gasteiger partial charge in [-0.05, 0) is 30.7 Å². The van der Waals surface area contributed by atoms with Gasteiger partial charge in [-0.2, -0.15) is 11.8 Å². The number of halogens is 1. The number of nitrogens with two attached hydrogens (primary N) is 1. The van der Waals surface area contributed by atoms with Crippen LogP contribution in [0, 0.1) is 5.82 Å². The molecule has 0 bridgehead atoms. The Balaban J connectivity index is 1.83. The molecule has 1 fully saturated rings. The maximum absolute atomic E-state index is 13.7. The quantitative estimate of drug-likeness (QED) is 0.871. The highest BCUT2D eigenvalue weighted by atomic mass is 32.2. The van der Waals surface area contributed by atoms with E-state index in [1.54, 1.807) is 12.1 Å². The van der Waals surface area contributed by atoms with Gasteiger partial charge in [-0.15, -0.1) is 0 Å². The van der Waals surface area contributed by atoms with Crippen molar-refractivity contribution in [2.45, 2.75) is 31.1 Å². The molecule has 104 valence electrons. The van der Waals surface area contributed by atoms with Gasteiger partial charge in [0.15, 0.2) is 0 Å². The highest BCUT2D eigenvalue weighted by molar-refractivity contribution is 7.99. The van der Waals surface area contributed by atoms with Crippen molar-refractivity contribution in [3.05, 3.63) is 35.1 Å². The third kappa shape index (κ3) is 4.21. The summed E-state index contributed by atoms with van der Waals surface area (Å²) in [5.41, 5.74) is 5.89. The highest BCUT2D eigenvalue weighted by Gasteiger charge is 2.13. The van der Waals surface area contributed by atoms with Crippen LogP contribution < -0.4 is 11.1 Å². The number of rotatable bonds is 5. The number of benzene rings is 1. The van der Waals surface area contributed by atoms with E-state index in [1.165, 1.54) is 31.1 Å². The first-order chi connectivity index (χ1) is 9.16. The molecule has 1 atom stereocenters. The zero-order valence-electron chi connectivity index (χ0n) is 10.8. The second-order valence-corrected chi connectivity index (χ2v) is 6.20. The molecule has 1 aromatic carbocycles. The molecule has 0 aliphatic carbocycles. The lowest BCUT2D eigenvalue weighted by atomic mass is 10.1. The van der Waals surface area contributed by atoms with Crippen molar-refractivity contribution in [1.82, 2.24) is 5.32 Å². The van der Waals surface area contributed by atoms with Crippen LogP contribution in [0.2, 0.25) is 0 Å². The van der Waals surface area contributed by atoms with Crippen molar-refractivity contribution in [1.29, 1.82) is 0 Å². The van der Waals surface area contributed by atoms with Gasteiger partial charge in [0.05, 0.1) is 0 Å². The maximum atomic E-state index is 13.7. The normalized spacial score (nSPS) is 19.3. The van der Waals surface area contributed by atoms with Crippen molar-refractivity contribution < 1.29 is 9.18 Å². The molecule has 1 heterocycles. The van der Waals surface area contributed by atoms with Crippen LogP contribution in [0.1, 0.15) is 35.2 Å². The summed E-state index contributed by atoms with van der Waals surface area (Å²) < 4.78 is 13.7. The first-order valence-electron chi connectivity index (χ1n) is 6.57. The lowest BCUT2D eigenvalue weighted by Gasteiger charge is -2.21. The molecule has 0 spiro atoms. The van der Waals surface area contributed by atoms with Gasteiger partial charge in [-0.25, -0.2) is 4.39 Å². The number of primary amides is 1. The number of nitrogens with one attached hydrogen (secondary N) is 1. The zero-order valence-corrected chi connectivity index (χ0v) is 11.6. The summed E-state index contributed by atoms with van der Waals surface area (Å²) in [5.74, 6) is 0.255. The molecular weight excluding hydrogens is 263 g/mol. The average molecular weight is 282 g/mol. The van der Waals surface area contributed by atoms with E-state index >= 15 is 0 Å². The van der Waals surface area contributed by atoms with Gasteiger partial charge in [0, 0.05) is 29.5 Å². The number of thioether (sulfide) groups is 1. The predicted octanol–water partition coefficient (Wildman–Crippen LogP) is 2.30. The minimum Gasteiger partial charge on any atom is -0.366 e. The highest BCUT2D eigenvalue weighted by Crippen LogP contribution is 2.24. The summed E-state index contributed by atoms with van der Waals surface area (Å²) in [6.45, 7) is 1.39. The van der Waals surface area contributed by atoms with Gasteiger partial charge < -0.3 is 11.1 Å². The van der Waals surface area contributed by atoms with Crippen molar-refractivity contribution in [2.75, 3.05) is 12.3 Å². The second-order valence-electron chi connectivity index (χ2n) is 4.79. The fourth-order valence-corrected chi connectivity index (χ4v) is 3.45. The van der Waals surface area contributed by atoms with E-state index in [9.17, 15) is 9.18 Å². The molecule has 1 aromatic rings. The van der Waals surface area contributed by atoms with Crippen molar-refractivity contribution in [3.8, 4) is 0 Å². The average Bonchev–Trinajstić information content (AvgIpc) is 2.41. The van der Waals surface area contributed by atoms with Gasteiger partial charge in [-0.3, -0.25) is 4.79 Å². The third-order valence-corrected chi connectivity index (χ3v) is 4.70. The molecule has 1 amide bonds. The van der Waals surface area contributed by atoms with Crippen LogP contribution in [0.15, 0.2) is 18.2 Å². The van der Waals surface area contributed by atoms with Crippen molar-refractivity contribution in [2.24, 2.45) is 5.73 Å². The molecule has 1 aliphatic heterocycles. The Morgan fingerprint density at radius 2 is 2.32 bits per heavy atom. The monoisotopic (exact) mass is 282 g/mol. The van der Waals surface area contributed by atoms with E-state index in [4.69, 9.17) is 5.73 Å². The van der Waals surface area contributed by atoms with Gasteiger partial charge in [0.1, 0.15) is 5.82 Å². The van der Waals surface area contributed by atoms with Crippen LogP contribution in [-0.4, -0.2) is 23.5 Å². The van der Waals surface area contributed by atoms with Crippen LogP contribution in [0.4, 0.5) is 4.39 Å². The van der Waals surface area contributed by atoms with Crippen molar-refractivity contribution >= 4 is 17.7 Å². The molecule has 1 aliphatic rings. The Bertz CT molecular complexity index is 447. The fraction of sp³-hybridized carbons (Fsp3) is 0.500. The third-order valence-electron chi connectivity index (χ3n) is 3.30. The number of carbonyl (C=O) groups excluding carboxylic acids is 1. The molecule has 19 heavy (non-hydrogen) atoms. The van der Waals surface area contributed by atoms with Crippen LogP contribution >= 0.6 is 11.8 Å². The summed E-state index contributed by atoms with van der Waals surface area (Å²) in [5, 5.41) is 3.92. The number of hydrogen-bond acceptors (Lipinski definition) is 3. The Morgan fingerprint density at radius 3 is 2.95 bits per heavy atom. The first-order valence-corrected chi connectivity index (χ1v) is 7.62. The van der Waals surface area contributed by atoms with Crippen LogP contribution in [-0.2, 0) is 6.54 Å². The summed E-state index contributed by atoms with van der Waals surface area (Å²) in [7, 11) is 0. The minimum absolute atomic E-state index is 0.212. The topological polar surface area (TPSA) is 55.1 Å². The molecule has 0 aromatic heterocycles. The lowest BCUT2D eigenvalue weighted by Crippen LogP contribution is -2.26. The van der Waals surface area contributed by atoms with E-state index in [0.717, 1.165) is 6.54 Å². The van der Waals surface area contributed by atoms with Gasteiger partial charge in [-0.1, -0.05) is 12.5 Å². The minimum atomic E-state index is -0.600. The Hall–Kier alpha value is -1.07. The summed E-state index contributed by atoms with van der Waals surface area (Å²) >= 11 is 1.99. The van der Waals surface area contributed by atoms with E-state index in [2.05, 4.69) is 5.32 Å². The Morgan fingerprint density at radius 1 is 1.47 bits per heavy atom. The number of hydrogen-bond donors (Lipinski definition) is 2. The molecule has 2 rings (SSSR count). The van der Waals surface area contributed by atoms with Crippen LogP contribution in [0.25, 0.3) is 0 Å². The summed E-state index contributed by atoms with van der Waals surface area (Å²) in [4.78, 5) is 10.9. The smallest absolute Gasteiger partial charge is 0.248 e. The van der Waals surface area contributed by atoms with E-state index in [1.807, 2.05) is 11.8 Å². The molecule has 1 unspecified atom stereocenters. The molecule has 0 radical (unpaired) electrons. The van der Waals surface area contributed by atoms with Gasteiger partial charge in [0.25, 0.3) is 0 Å². The number of amides is 1. The molecule has 5 heteroatoms. The van der Waals surface area contributed by atoms with Crippen LogP contribution in [0.3, 0.4) is 0 Å². The largest absolute Gasteiger partial charge is 0.366 e. The van der Waals surface area contributed by atoms with E-state index < -0.39 is 5.91 Å². The molecule has 1 saturated heterocycles. The fourth-order valence-electron chi connectivity index (χ4n) is 2.18. The summed E-state index contributed by atoms with van der Waals surface area (Å²) in [6.07, 6.45) is 3.84. The second kappa shape index (κ2) is 6.91. The molecule has 3 nitrogen and oxygen atoms in total. The molecule has 0 saturated carbocycles. The molecule has 3 N–H and O–H groups in total. The summed E-state index contributed by atoms with van der Waals surface area (Å²) in [6, 6.07) is 4.39. The van der Waals surface area contributed by atoms with Gasteiger partial charge >= 0.3 is 0 Å². The standard InChI is InChI=1S/C14H19FN2OS/c15-13-7-10(14(16)18)4-5-11(13)8-17-9-12-3-1-2-6-19-12/h4-5,7,12,17H,1-3,6,8-9H2,(H2,16,18). The Labute approximate surface area is 117 Å². The Kier molecular flexibility index (Phi) is 5.22. The number of carbonyl (C=O) groups is 1. The zero-order chi connectivity index (χ0) is 13.7. The van der Waals surface area contributed by atoms with Crippen molar-refractivity contribution in [3.63, 3.8) is 0 Å². The van der Waals surface area contributed by atoms with Crippen LogP contribution in [0.5, 0.6) is 0 Å². The van der Waals surface area contributed by atoms with E-state index in [-0.39, 0.29) is 11.4 Å². The first kappa shape index (κ1) is 14.3.